The fourth-order valence-electron chi connectivity index (χ4n) is 4.53. The molecule has 2 aromatic heterocycles. The third-order valence-electron chi connectivity index (χ3n) is 6.66. The van der Waals surface area contributed by atoms with Gasteiger partial charge in [-0.05, 0) is 37.8 Å². The van der Waals surface area contributed by atoms with Gasteiger partial charge in [-0.3, -0.25) is 9.48 Å². The Bertz CT molecular complexity index is 1260. The van der Waals surface area contributed by atoms with E-state index in [1.807, 2.05) is 0 Å². The van der Waals surface area contributed by atoms with Crippen molar-refractivity contribution in [3.8, 4) is 0 Å². The van der Waals surface area contributed by atoms with Gasteiger partial charge in [0.2, 0.25) is 0 Å². The van der Waals surface area contributed by atoms with Crippen molar-refractivity contribution in [1.29, 1.82) is 4.78 Å². The normalized spacial score (nSPS) is 24.4. The number of carbonyl (C=O) groups is 1. The summed E-state index contributed by atoms with van der Waals surface area (Å²) in [6, 6.07) is 2.41. The van der Waals surface area contributed by atoms with Gasteiger partial charge in [0.05, 0.1) is 27.9 Å². The Labute approximate surface area is 185 Å². The lowest BCUT2D eigenvalue weighted by molar-refractivity contribution is -0.138. The molecule has 3 fully saturated rings. The van der Waals surface area contributed by atoms with Gasteiger partial charge in [0.1, 0.15) is 16.3 Å². The van der Waals surface area contributed by atoms with Crippen molar-refractivity contribution < 1.29 is 31.0 Å². The van der Waals surface area contributed by atoms with Crippen LogP contribution < -0.4 is 5.32 Å². The van der Waals surface area contributed by atoms with Crippen LogP contribution in [0.4, 0.5) is 27.6 Å². The molecule has 0 radical (unpaired) electrons. The molecule has 33 heavy (non-hydrogen) atoms. The minimum Gasteiger partial charge on any atom is -0.320 e. The Morgan fingerprint density at radius 2 is 2.00 bits per heavy atom. The second kappa shape index (κ2) is 6.73. The second-order valence-electron chi connectivity index (χ2n) is 9.08. The van der Waals surface area contributed by atoms with Crippen molar-refractivity contribution in [3.05, 3.63) is 35.3 Å². The van der Waals surface area contributed by atoms with E-state index in [2.05, 4.69) is 15.4 Å². The minimum atomic E-state index is -4.91. The Kier molecular flexibility index (Phi) is 4.54. The highest BCUT2D eigenvalue weighted by molar-refractivity contribution is 7.91. The van der Waals surface area contributed by atoms with Crippen LogP contribution in [0, 0.1) is 16.1 Å². The van der Waals surface area contributed by atoms with Gasteiger partial charge in [0.25, 0.3) is 11.8 Å². The number of rotatable bonds is 6. The van der Waals surface area contributed by atoms with Crippen molar-refractivity contribution in [3.63, 3.8) is 0 Å². The summed E-state index contributed by atoms with van der Waals surface area (Å²) in [5.41, 5.74) is -3.51. The van der Waals surface area contributed by atoms with E-state index in [0.29, 0.717) is 25.7 Å². The average Bonchev–Trinajstić information content (AvgIpc) is 3.62. The summed E-state index contributed by atoms with van der Waals surface area (Å²) in [7, 11) is -3.23. The average molecular weight is 489 g/mol. The maximum Gasteiger partial charge on any atom is 0.420 e. The standard InChI is InChI=1S/C20H20F5N5O2S/c1-33(26,32)13-8-11(4-7-27-13)28-17(31)16-14(20(23,24)25)15(10-2-3-10)29-30(16)9-12-18(5-6-18)19(12,21)22/h4,7-8,10,12,26H,2-3,5-6,9H2,1H3,(H,27,28,31). The third-order valence-corrected chi connectivity index (χ3v) is 7.68. The van der Waals surface area contributed by atoms with Gasteiger partial charge in [-0.15, -0.1) is 0 Å². The van der Waals surface area contributed by atoms with E-state index in [1.165, 1.54) is 12.3 Å². The first-order chi connectivity index (χ1) is 15.3. The molecule has 0 aromatic carbocycles. The molecule has 7 nitrogen and oxygen atoms in total. The summed E-state index contributed by atoms with van der Waals surface area (Å²) in [6.45, 7) is -0.483. The number of nitrogens with one attached hydrogen (secondary N) is 2. The largest absolute Gasteiger partial charge is 0.420 e. The van der Waals surface area contributed by atoms with Crippen molar-refractivity contribution in [2.45, 2.75) is 55.3 Å². The molecule has 1 spiro atoms. The fourth-order valence-corrected chi connectivity index (χ4v) is 5.14. The van der Waals surface area contributed by atoms with Crippen LogP contribution in [0.1, 0.15) is 53.3 Å². The fraction of sp³-hybridized carbons (Fsp3) is 0.550. The zero-order valence-electron chi connectivity index (χ0n) is 17.4. The molecule has 178 valence electrons. The van der Waals surface area contributed by atoms with E-state index < -0.39 is 62.8 Å². The van der Waals surface area contributed by atoms with Crippen LogP contribution >= 0.6 is 0 Å². The summed E-state index contributed by atoms with van der Waals surface area (Å²) in [6.07, 6.45) is -1.06. The molecule has 2 atom stereocenters. The molecule has 13 heteroatoms. The highest BCUT2D eigenvalue weighted by atomic mass is 32.2. The molecule has 3 aliphatic carbocycles. The van der Waals surface area contributed by atoms with Crippen LogP contribution in [0.5, 0.6) is 0 Å². The molecule has 0 aliphatic heterocycles. The van der Waals surface area contributed by atoms with Gasteiger partial charge in [-0.1, -0.05) is 0 Å². The first kappa shape index (κ1) is 22.2. The number of pyridine rings is 1. The monoisotopic (exact) mass is 489 g/mol. The zero-order valence-corrected chi connectivity index (χ0v) is 18.2. The van der Waals surface area contributed by atoms with Crippen LogP contribution in [0.25, 0.3) is 0 Å². The molecule has 2 unspecified atom stereocenters. The van der Waals surface area contributed by atoms with E-state index in [0.717, 1.165) is 17.0 Å². The van der Waals surface area contributed by atoms with E-state index >= 15 is 0 Å². The molecule has 5 rings (SSSR count). The minimum absolute atomic E-state index is 0.0175. The van der Waals surface area contributed by atoms with Gasteiger partial charge < -0.3 is 5.32 Å². The van der Waals surface area contributed by atoms with Crippen molar-refractivity contribution in [2.75, 3.05) is 11.6 Å². The van der Waals surface area contributed by atoms with Crippen LogP contribution in [-0.4, -0.2) is 37.1 Å². The third kappa shape index (κ3) is 3.60. The smallest absolute Gasteiger partial charge is 0.320 e. The molecule has 2 aromatic rings. The van der Waals surface area contributed by atoms with Crippen LogP contribution in [-0.2, 0) is 22.5 Å². The Morgan fingerprint density at radius 3 is 2.52 bits per heavy atom. The Balaban J connectivity index is 1.54. The summed E-state index contributed by atoms with van der Waals surface area (Å²) < 4.78 is 91.0. The van der Waals surface area contributed by atoms with Crippen molar-refractivity contribution >= 4 is 21.3 Å². The van der Waals surface area contributed by atoms with E-state index in [-0.39, 0.29) is 16.4 Å². The SMILES string of the molecule is CS(=N)(=O)c1cc(NC(=O)c2c(C(F)(F)F)c(C3CC3)nn2CC2C(F)(F)C23CC3)ccn1. The summed E-state index contributed by atoms with van der Waals surface area (Å²) >= 11 is 0. The Hall–Kier alpha value is -2.57. The summed E-state index contributed by atoms with van der Waals surface area (Å²) in [4.78, 5) is 16.9. The molecule has 2 heterocycles. The molecule has 0 saturated heterocycles. The lowest BCUT2D eigenvalue weighted by Crippen LogP contribution is -2.23. The lowest BCUT2D eigenvalue weighted by Gasteiger charge is -2.13. The number of anilines is 1. The summed E-state index contributed by atoms with van der Waals surface area (Å²) in [5, 5.41) is 6.17. The van der Waals surface area contributed by atoms with Gasteiger partial charge in [0, 0.05) is 29.5 Å². The second-order valence-corrected chi connectivity index (χ2v) is 11.2. The number of nitrogens with zero attached hydrogens (tertiary/aromatic N) is 3. The maximum atomic E-state index is 14.3. The van der Waals surface area contributed by atoms with E-state index in [1.54, 1.807) is 0 Å². The van der Waals surface area contributed by atoms with Crippen LogP contribution in [0.3, 0.4) is 0 Å². The molecule has 3 saturated carbocycles. The van der Waals surface area contributed by atoms with Crippen LogP contribution in [0.15, 0.2) is 23.4 Å². The van der Waals surface area contributed by atoms with E-state index in [9.17, 15) is 31.0 Å². The predicted molar refractivity (Wildman–Crippen MR) is 107 cm³/mol. The highest BCUT2D eigenvalue weighted by Gasteiger charge is 2.86. The highest BCUT2D eigenvalue weighted by Crippen LogP contribution is 2.80. The zero-order chi connectivity index (χ0) is 24.0. The Morgan fingerprint density at radius 1 is 1.33 bits per heavy atom. The number of hydrogen-bond acceptors (Lipinski definition) is 5. The van der Waals surface area contributed by atoms with Crippen LogP contribution in [0.2, 0.25) is 0 Å². The number of halogens is 5. The van der Waals surface area contributed by atoms with E-state index in [4.69, 9.17) is 4.78 Å². The number of hydrogen-bond donors (Lipinski definition) is 2. The predicted octanol–water partition coefficient (Wildman–Crippen LogP) is 4.51. The maximum absolute atomic E-state index is 14.3. The molecule has 3 aliphatic rings. The number of carbonyl (C=O) groups excluding carboxylic acids is 1. The topological polar surface area (TPSA) is 101 Å². The van der Waals surface area contributed by atoms with Crippen molar-refractivity contribution in [2.24, 2.45) is 11.3 Å². The van der Waals surface area contributed by atoms with Gasteiger partial charge in [-0.2, -0.15) is 18.3 Å². The number of amides is 1. The summed E-state index contributed by atoms with van der Waals surface area (Å²) in [5.74, 6) is -5.78. The molecule has 2 N–H and O–H groups in total. The molecular weight excluding hydrogens is 469 g/mol. The lowest BCUT2D eigenvalue weighted by atomic mass is 10.1. The van der Waals surface area contributed by atoms with Crippen molar-refractivity contribution in [1.82, 2.24) is 14.8 Å². The molecular formula is C20H20F5N5O2S. The van der Waals surface area contributed by atoms with Gasteiger partial charge >= 0.3 is 6.18 Å². The first-order valence-corrected chi connectivity index (χ1v) is 12.3. The molecule has 1 amide bonds. The molecule has 0 bridgehead atoms. The number of alkyl halides is 5. The first-order valence-electron chi connectivity index (χ1n) is 10.3. The number of aromatic nitrogens is 3. The quantitative estimate of drug-likeness (QED) is 0.583. The van der Waals surface area contributed by atoms with Gasteiger partial charge in [0.15, 0.2) is 0 Å². The van der Waals surface area contributed by atoms with Gasteiger partial charge in [-0.25, -0.2) is 22.8 Å².